The van der Waals surface area contributed by atoms with E-state index >= 15 is 0 Å². The zero-order valence-electron chi connectivity index (χ0n) is 18.7. The van der Waals surface area contributed by atoms with Crippen molar-refractivity contribution in [1.82, 2.24) is 10.3 Å². The van der Waals surface area contributed by atoms with Gasteiger partial charge >= 0.3 is 0 Å². The van der Waals surface area contributed by atoms with Crippen molar-refractivity contribution in [3.05, 3.63) is 111 Å². The molecule has 172 valence electrons. The van der Waals surface area contributed by atoms with Gasteiger partial charge in [0, 0.05) is 34.9 Å². The fourth-order valence-electron chi connectivity index (χ4n) is 4.11. The van der Waals surface area contributed by atoms with Gasteiger partial charge in [-0.2, -0.15) is 5.10 Å². The molecule has 1 aliphatic rings. The summed E-state index contributed by atoms with van der Waals surface area (Å²) in [5, 5.41) is 15.5. The third-order valence-electron chi connectivity index (χ3n) is 5.83. The Kier molecular flexibility index (Phi) is 6.77. The summed E-state index contributed by atoms with van der Waals surface area (Å²) in [7, 11) is 0. The maximum Gasteiger partial charge on any atom is 0.272 e. The van der Waals surface area contributed by atoms with Crippen LogP contribution in [0.3, 0.4) is 0 Å². The molecule has 3 aromatic rings. The van der Waals surface area contributed by atoms with Crippen molar-refractivity contribution in [3.63, 3.8) is 0 Å². The Labute approximate surface area is 197 Å². The smallest absolute Gasteiger partial charge is 0.272 e. The number of nitrogens with zero attached hydrogens (tertiary/aromatic N) is 3. The number of nitrogens with one attached hydrogen (secondary N) is 1. The van der Waals surface area contributed by atoms with Crippen LogP contribution in [0, 0.1) is 17.0 Å². The molecule has 1 fully saturated rings. The normalized spacial score (nSPS) is 15.0. The fourth-order valence-corrected chi connectivity index (χ4v) is 4.11. The molecule has 34 heavy (non-hydrogen) atoms. The predicted octanol–water partition coefficient (Wildman–Crippen LogP) is 4.08. The molecule has 0 spiro atoms. The average Bonchev–Trinajstić information content (AvgIpc) is 3.35. The third kappa shape index (κ3) is 4.85. The molecule has 1 atom stereocenters. The number of likely N-dealkylation sites (tertiary alicyclic amines) is 1. The molecule has 0 saturated carbocycles. The molecule has 0 radical (unpaired) electrons. The van der Waals surface area contributed by atoms with Crippen LogP contribution in [-0.4, -0.2) is 39.9 Å². The minimum Gasteiger partial charge on any atom is -0.327 e. The van der Waals surface area contributed by atoms with Crippen LogP contribution in [-0.2, 0) is 4.79 Å². The number of hydrazone groups is 1. The predicted molar refractivity (Wildman–Crippen MR) is 129 cm³/mol. The fraction of sp³-hybridized carbons (Fsp3) is 0.192. The molecule has 1 aliphatic heterocycles. The van der Waals surface area contributed by atoms with E-state index in [0.29, 0.717) is 36.2 Å². The van der Waals surface area contributed by atoms with Gasteiger partial charge in [-0.3, -0.25) is 19.7 Å². The summed E-state index contributed by atoms with van der Waals surface area (Å²) in [5.41, 5.74) is 5.67. The Morgan fingerprint density at radius 2 is 1.59 bits per heavy atom. The SMILES string of the molecule is Cc1cc(C(=O)N2CCCC2C(=O)NN=C(c2ccccc2)c2ccccc2)ccc1[N+](=O)[O-]. The van der Waals surface area contributed by atoms with Gasteiger partial charge in [0.1, 0.15) is 6.04 Å². The van der Waals surface area contributed by atoms with E-state index in [9.17, 15) is 19.7 Å². The maximum atomic E-state index is 13.1. The Morgan fingerprint density at radius 3 is 2.15 bits per heavy atom. The van der Waals surface area contributed by atoms with Crippen molar-refractivity contribution in [2.45, 2.75) is 25.8 Å². The lowest BCUT2D eigenvalue weighted by Crippen LogP contribution is -2.45. The van der Waals surface area contributed by atoms with Crippen molar-refractivity contribution < 1.29 is 14.5 Å². The number of amides is 2. The molecule has 0 aliphatic carbocycles. The van der Waals surface area contributed by atoms with Gasteiger partial charge in [-0.05, 0) is 31.9 Å². The van der Waals surface area contributed by atoms with Crippen LogP contribution >= 0.6 is 0 Å². The summed E-state index contributed by atoms with van der Waals surface area (Å²) in [4.78, 5) is 38.3. The second kappa shape index (κ2) is 10.1. The van der Waals surface area contributed by atoms with E-state index < -0.39 is 11.0 Å². The first-order valence-corrected chi connectivity index (χ1v) is 11.0. The van der Waals surface area contributed by atoms with Crippen LogP contribution < -0.4 is 5.43 Å². The van der Waals surface area contributed by atoms with E-state index in [-0.39, 0.29) is 17.5 Å². The highest BCUT2D eigenvalue weighted by atomic mass is 16.6. The highest BCUT2D eigenvalue weighted by Gasteiger charge is 2.35. The van der Waals surface area contributed by atoms with Crippen LogP contribution in [0.4, 0.5) is 5.69 Å². The zero-order chi connectivity index (χ0) is 24.1. The molecule has 8 nitrogen and oxygen atoms in total. The summed E-state index contributed by atoms with van der Waals surface area (Å²) >= 11 is 0. The molecule has 4 rings (SSSR count). The Bertz CT molecular complexity index is 1200. The monoisotopic (exact) mass is 456 g/mol. The highest BCUT2D eigenvalue weighted by Crippen LogP contribution is 2.24. The van der Waals surface area contributed by atoms with Crippen LogP contribution in [0.5, 0.6) is 0 Å². The average molecular weight is 457 g/mol. The number of rotatable bonds is 6. The van der Waals surface area contributed by atoms with E-state index in [1.54, 1.807) is 6.92 Å². The molecule has 1 saturated heterocycles. The summed E-state index contributed by atoms with van der Waals surface area (Å²) in [6.07, 6.45) is 1.20. The maximum absolute atomic E-state index is 13.1. The molecule has 1 unspecified atom stereocenters. The Morgan fingerprint density at radius 1 is 0.971 bits per heavy atom. The lowest BCUT2D eigenvalue weighted by Gasteiger charge is -2.23. The standard InChI is InChI=1S/C26H24N4O4/c1-18-17-21(14-15-22(18)30(33)34)26(32)29-16-8-13-23(29)25(31)28-27-24(19-9-4-2-5-10-19)20-11-6-3-7-12-20/h2-7,9-12,14-15,17,23H,8,13,16H2,1H3,(H,28,31). The van der Waals surface area contributed by atoms with Crippen molar-refractivity contribution >= 4 is 23.2 Å². The van der Waals surface area contributed by atoms with E-state index in [1.807, 2.05) is 60.7 Å². The Balaban J connectivity index is 1.55. The lowest BCUT2D eigenvalue weighted by atomic mass is 10.0. The van der Waals surface area contributed by atoms with Gasteiger partial charge in [-0.15, -0.1) is 0 Å². The molecule has 2 amide bonds. The van der Waals surface area contributed by atoms with Crippen LogP contribution in [0.25, 0.3) is 0 Å². The number of nitro groups is 1. The van der Waals surface area contributed by atoms with Crippen molar-refractivity contribution in [1.29, 1.82) is 0 Å². The molecule has 1 N–H and O–H groups in total. The van der Waals surface area contributed by atoms with E-state index in [1.165, 1.54) is 23.1 Å². The summed E-state index contributed by atoms with van der Waals surface area (Å²) in [5.74, 6) is -0.695. The van der Waals surface area contributed by atoms with Gasteiger partial charge in [-0.25, -0.2) is 5.43 Å². The van der Waals surface area contributed by atoms with Crippen molar-refractivity contribution in [2.24, 2.45) is 5.10 Å². The van der Waals surface area contributed by atoms with Crippen molar-refractivity contribution in [2.75, 3.05) is 6.54 Å². The number of benzene rings is 3. The molecule has 3 aromatic carbocycles. The first kappa shape index (κ1) is 22.8. The van der Waals surface area contributed by atoms with E-state index in [2.05, 4.69) is 10.5 Å². The summed E-state index contributed by atoms with van der Waals surface area (Å²) in [6.45, 7) is 2.02. The first-order chi connectivity index (χ1) is 16.5. The second-order valence-electron chi connectivity index (χ2n) is 8.08. The van der Waals surface area contributed by atoms with Gasteiger partial charge in [-0.1, -0.05) is 60.7 Å². The molecule has 0 bridgehead atoms. The number of carbonyl (C=O) groups excluding carboxylic acids is 2. The summed E-state index contributed by atoms with van der Waals surface area (Å²) < 4.78 is 0. The van der Waals surface area contributed by atoms with Crippen molar-refractivity contribution in [3.8, 4) is 0 Å². The first-order valence-electron chi connectivity index (χ1n) is 11.0. The van der Waals surface area contributed by atoms with Gasteiger partial charge in [0.05, 0.1) is 10.6 Å². The molecule has 8 heteroatoms. The van der Waals surface area contributed by atoms with Gasteiger partial charge in [0.25, 0.3) is 17.5 Å². The van der Waals surface area contributed by atoms with Crippen LogP contribution in [0.1, 0.15) is 39.9 Å². The highest BCUT2D eigenvalue weighted by molar-refractivity contribution is 6.13. The molecular weight excluding hydrogens is 432 g/mol. The molecule has 1 heterocycles. The minimum absolute atomic E-state index is 0.0454. The number of hydrogen-bond donors (Lipinski definition) is 1. The lowest BCUT2D eigenvalue weighted by molar-refractivity contribution is -0.385. The summed E-state index contributed by atoms with van der Waals surface area (Å²) in [6, 6.07) is 22.7. The van der Waals surface area contributed by atoms with E-state index in [4.69, 9.17) is 0 Å². The van der Waals surface area contributed by atoms with Gasteiger partial charge in [0.2, 0.25) is 0 Å². The number of nitro benzene ring substituents is 1. The van der Waals surface area contributed by atoms with Gasteiger partial charge < -0.3 is 4.90 Å². The van der Waals surface area contributed by atoms with Crippen LogP contribution in [0.2, 0.25) is 0 Å². The Hall–Kier alpha value is -4.33. The van der Waals surface area contributed by atoms with E-state index in [0.717, 1.165) is 11.1 Å². The number of hydrogen-bond acceptors (Lipinski definition) is 5. The minimum atomic E-state index is -0.667. The topological polar surface area (TPSA) is 105 Å². The van der Waals surface area contributed by atoms with Gasteiger partial charge in [0.15, 0.2) is 0 Å². The quantitative estimate of drug-likeness (QED) is 0.343. The third-order valence-corrected chi connectivity index (χ3v) is 5.83. The molecular formula is C26H24N4O4. The zero-order valence-corrected chi connectivity index (χ0v) is 18.7. The number of aryl methyl sites for hydroxylation is 1. The molecule has 0 aromatic heterocycles. The number of carbonyl (C=O) groups is 2. The second-order valence-corrected chi connectivity index (χ2v) is 8.08. The van der Waals surface area contributed by atoms with Crippen LogP contribution in [0.15, 0.2) is 84.0 Å². The largest absolute Gasteiger partial charge is 0.327 e.